The fourth-order valence-corrected chi connectivity index (χ4v) is 3.53. The van der Waals surface area contributed by atoms with E-state index in [1.807, 2.05) is 69.4 Å². The highest BCUT2D eigenvalue weighted by atomic mass is 16.6. The number of anilines is 2. The largest absolute Gasteiger partial charge is 0.451 e. The van der Waals surface area contributed by atoms with E-state index in [2.05, 4.69) is 15.3 Å². The number of likely N-dealkylation sites (N-methyl/N-ethyl adjacent to an activating group) is 1. The van der Waals surface area contributed by atoms with E-state index in [9.17, 15) is 4.79 Å². The molecule has 0 spiro atoms. The lowest BCUT2D eigenvalue weighted by Gasteiger charge is -2.33. The molecule has 31 heavy (non-hydrogen) atoms. The number of rotatable bonds is 2. The van der Waals surface area contributed by atoms with Crippen LogP contribution in [-0.4, -0.2) is 50.3 Å². The fourth-order valence-electron chi connectivity index (χ4n) is 3.53. The molecule has 1 aliphatic rings. The number of nitrogens with two attached hydrogens (primary N) is 1. The summed E-state index contributed by atoms with van der Waals surface area (Å²) in [6.07, 6.45) is -1.08. The molecule has 4 rings (SSSR count). The maximum absolute atomic E-state index is 12.7. The van der Waals surface area contributed by atoms with Crippen LogP contribution in [0.1, 0.15) is 33.4 Å². The number of carbonyl (C=O) groups excluding carboxylic acids is 1. The summed E-state index contributed by atoms with van der Waals surface area (Å²) in [5, 5.41) is 3.29. The van der Waals surface area contributed by atoms with Gasteiger partial charge in [-0.1, -0.05) is 6.07 Å². The van der Waals surface area contributed by atoms with Crippen molar-refractivity contribution < 1.29 is 14.3 Å². The number of carbonyl (C=O) groups is 1. The normalized spacial score (nSPS) is 16.4. The first-order valence-corrected chi connectivity index (χ1v) is 10.2. The smallest absolute Gasteiger partial charge is 0.410 e. The van der Waals surface area contributed by atoms with E-state index >= 15 is 0 Å². The van der Waals surface area contributed by atoms with Crippen LogP contribution in [-0.2, 0) is 4.74 Å². The van der Waals surface area contributed by atoms with Gasteiger partial charge in [0.25, 0.3) is 0 Å². The molecule has 0 aliphatic carbocycles. The number of amides is 1. The predicted octanol–water partition coefficient (Wildman–Crippen LogP) is 3.67. The van der Waals surface area contributed by atoms with Gasteiger partial charge in [0.15, 0.2) is 6.23 Å². The molecule has 0 saturated heterocycles. The second-order valence-corrected chi connectivity index (χ2v) is 8.79. The molecular weight excluding hydrogens is 396 g/mol. The average Bonchev–Trinajstić information content (AvgIpc) is 3.01. The topological polar surface area (TPSA) is 107 Å². The molecule has 3 N–H and O–H groups in total. The summed E-state index contributed by atoms with van der Waals surface area (Å²) in [5.41, 5.74) is 8.76. The Kier molecular flexibility index (Phi) is 4.91. The minimum Gasteiger partial charge on any atom is -0.451 e. The monoisotopic (exact) mass is 424 g/mol. The maximum atomic E-state index is 12.7. The summed E-state index contributed by atoms with van der Waals surface area (Å²) in [6, 6.07) is 9.17. The predicted molar refractivity (Wildman–Crippen MR) is 119 cm³/mol. The van der Waals surface area contributed by atoms with Gasteiger partial charge in [-0.3, -0.25) is 4.40 Å². The molecule has 1 aliphatic heterocycles. The minimum atomic E-state index is -0.635. The highest BCUT2D eigenvalue weighted by molar-refractivity contribution is 5.71. The van der Waals surface area contributed by atoms with Crippen molar-refractivity contribution in [2.75, 3.05) is 18.1 Å². The number of hydrogen-bond acceptors (Lipinski definition) is 7. The molecule has 4 heterocycles. The van der Waals surface area contributed by atoms with Gasteiger partial charge in [0.05, 0.1) is 11.7 Å². The molecule has 3 aromatic rings. The number of ether oxygens (including phenoxy) is 2. The Morgan fingerprint density at radius 1 is 1.32 bits per heavy atom. The Balaban J connectivity index is 1.80. The van der Waals surface area contributed by atoms with Crippen molar-refractivity contribution in [1.82, 2.24) is 19.3 Å². The zero-order chi connectivity index (χ0) is 22.5. The van der Waals surface area contributed by atoms with Crippen LogP contribution in [0.3, 0.4) is 0 Å². The Morgan fingerprint density at radius 2 is 2.06 bits per heavy atom. The molecule has 1 amide bonds. The lowest BCUT2D eigenvalue weighted by molar-refractivity contribution is 0.0120. The van der Waals surface area contributed by atoms with Crippen LogP contribution in [0.2, 0.25) is 0 Å². The van der Waals surface area contributed by atoms with E-state index in [0.29, 0.717) is 17.5 Å². The molecule has 0 fully saturated rings. The first-order valence-electron chi connectivity index (χ1n) is 10.2. The average molecular weight is 425 g/mol. The van der Waals surface area contributed by atoms with Crippen molar-refractivity contribution in [3.63, 3.8) is 0 Å². The minimum absolute atomic E-state index is 0.379. The summed E-state index contributed by atoms with van der Waals surface area (Å²) in [7, 11) is 1.68. The van der Waals surface area contributed by atoms with Crippen molar-refractivity contribution in [2.45, 2.75) is 52.5 Å². The first kappa shape index (κ1) is 20.8. The number of aromatic nitrogens is 3. The molecular formula is C22H28N6O3. The summed E-state index contributed by atoms with van der Waals surface area (Å²) < 4.78 is 13.9. The number of nitrogens with zero attached hydrogens (tertiary/aromatic N) is 4. The standard InChI is InChI=1S/C22H28N6O3/c1-12-20-28-15(8-7-9-18(28)24-12)14-10-16(23)25-17(11-14)26-19(30-20)13(2)27(6)21(29)31-22(3,4)5/h7-11,13,19H,1-6H3,(H3,23,25,26). The van der Waals surface area contributed by atoms with Crippen LogP contribution in [0.25, 0.3) is 16.9 Å². The second kappa shape index (κ2) is 7.33. The highest BCUT2D eigenvalue weighted by Crippen LogP contribution is 2.33. The quantitative estimate of drug-likeness (QED) is 0.646. The molecule has 3 aromatic heterocycles. The van der Waals surface area contributed by atoms with Gasteiger partial charge in [-0.05, 0) is 58.9 Å². The van der Waals surface area contributed by atoms with E-state index in [1.54, 1.807) is 7.05 Å². The van der Waals surface area contributed by atoms with Gasteiger partial charge in [0.2, 0.25) is 5.88 Å². The van der Waals surface area contributed by atoms with Crippen LogP contribution < -0.4 is 15.8 Å². The molecule has 164 valence electrons. The summed E-state index contributed by atoms with van der Waals surface area (Å²) in [4.78, 5) is 23.2. The summed E-state index contributed by atoms with van der Waals surface area (Å²) in [6.45, 7) is 9.27. The van der Waals surface area contributed by atoms with Crippen LogP contribution >= 0.6 is 0 Å². The Bertz CT molecular complexity index is 1150. The van der Waals surface area contributed by atoms with E-state index < -0.39 is 24.0 Å². The van der Waals surface area contributed by atoms with Gasteiger partial charge in [-0.25, -0.2) is 14.8 Å². The summed E-state index contributed by atoms with van der Waals surface area (Å²) in [5.74, 6) is 1.52. The molecule has 0 aromatic carbocycles. The molecule has 2 bridgehead atoms. The van der Waals surface area contributed by atoms with Gasteiger partial charge >= 0.3 is 6.09 Å². The van der Waals surface area contributed by atoms with Crippen LogP contribution in [0, 0.1) is 6.92 Å². The van der Waals surface area contributed by atoms with Crippen molar-refractivity contribution in [2.24, 2.45) is 0 Å². The van der Waals surface area contributed by atoms with Gasteiger partial charge < -0.3 is 25.4 Å². The zero-order valence-electron chi connectivity index (χ0n) is 18.6. The van der Waals surface area contributed by atoms with Gasteiger partial charge in [0.1, 0.15) is 28.6 Å². The zero-order valence-corrected chi connectivity index (χ0v) is 18.6. The first-order chi connectivity index (χ1) is 14.5. The van der Waals surface area contributed by atoms with Crippen molar-refractivity contribution >= 4 is 23.4 Å². The number of imidazole rings is 1. The lowest BCUT2D eigenvalue weighted by Crippen LogP contribution is -2.50. The number of nitrogen functional groups attached to an aromatic ring is 1. The van der Waals surface area contributed by atoms with Crippen molar-refractivity contribution in [3.05, 3.63) is 36.0 Å². The molecule has 9 heteroatoms. The number of fused-ring (bicyclic) bond motifs is 3. The molecule has 0 radical (unpaired) electrons. The number of pyridine rings is 2. The SMILES string of the molecule is Cc1nc2cccc3n2c1OC(C(C)N(C)C(=O)OC(C)(C)C)Nc1cc-3cc(N)n1. The lowest BCUT2D eigenvalue weighted by atomic mass is 10.1. The number of nitrogens with one attached hydrogen (secondary N) is 1. The second-order valence-electron chi connectivity index (χ2n) is 8.79. The van der Waals surface area contributed by atoms with Gasteiger partial charge in [0, 0.05) is 12.6 Å². The van der Waals surface area contributed by atoms with Crippen molar-refractivity contribution in [3.8, 4) is 17.1 Å². The van der Waals surface area contributed by atoms with Gasteiger partial charge in [-0.2, -0.15) is 0 Å². The Morgan fingerprint density at radius 3 is 2.77 bits per heavy atom. The molecule has 0 saturated carbocycles. The highest BCUT2D eigenvalue weighted by Gasteiger charge is 2.32. The fraction of sp³-hybridized carbons (Fsp3) is 0.409. The summed E-state index contributed by atoms with van der Waals surface area (Å²) >= 11 is 0. The van der Waals surface area contributed by atoms with E-state index in [1.165, 1.54) is 4.90 Å². The third kappa shape index (κ3) is 3.95. The van der Waals surface area contributed by atoms with Crippen LogP contribution in [0.4, 0.5) is 16.4 Å². The number of hydrogen-bond donors (Lipinski definition) is 2. The van der Waals surface area contributed by atoms with Crippen LogP contribution in [0.5, 0.6) is 5.88 Å². The van der Waals surface area contributed by atoms with Gasteiger partial charge in [-0.15, -0.1) is 0 Å². The Labute approximate surface area is 181 Å². The molecule has 9 nitrogen and oxygen atoms in total. The van der Waals surface area contributed by atoms with E-state index in [-0.39, 0.29) is 0 Å². The van der Waals surface area contributed by atoms with Crippen LogP contribution in [0.15, 0.2) is 30.3 Å². The Hall–Kier alpha value is -3.49. The van der Waals surface area contributed by atoms with Crippen molar-refractivity contribution in [1.29, 1.82) is 0 Å². The third-order valence-corrected chi connectivity index (χ3v) is 5.16. The van der Waals surface area contributed by atoms with E-state index in [0.717, 1.165) is 22.6 Å². The molecule has 2 unspecified atom stereocenters. The van der Waals surface area contributed by atoms with E-state index in [4.69, 9.17) is 15.2 Å². The molecule has 2 atom stereocenters. The maximum Gasteiger partial charge on any atom is 0.410 e. The third-order valence-electron chi connectivity index (χ3n) is 5.16. The number of aryl methyl sites for hydroxylation is 1.